The minimum atomic E-state index is 0.392. The molecule has 2 heteroatoms. The first kappa shape index (κ1) is 14.0. The molecule has 1 aliphatic carbocycles. The van der Waals surface area contributed by atoms with E-state index in [4.69, 9.17) is 5.73 Å². The molecule has 0 amide bonds. The van der Waals surface area contributed by atoms with Crippen LogP contribution in [0.3, 0.4) is 0 Å². The zero-order valence-electron chi connectivity index (χ0n) is 11.6. The molecular formula is C14H30N2. The van der Waals surface area contributed by atoms with Crippen molar-refractivity contribution >= 4 is 0 Å². The van der Waals surface area contributed by atoms with Crippen molar-refractivity contribution in [3.05, 3.63) is 0 Å². The third kappa shape index (κ3) is 4.42. The molecule has 1 fully saturated rings. The Hall–Kier alpha value is -0.0800. The maximum absolute atomic E-state index is 6.35. The fourth-order valence-corrected chi connectivity index (χ4v) is 2.77. The van der Waals surface area contributed by atoms with Gasteiger partial charge < -0.3 is 5.73 Å². The summed E-state index contributed by atoms with van der Waals surface area (Å²) in [6, 6.07) is 1.01. The maximum Gasteiger partial charge on any atom is 0.0196 e. The monoisotopic (exact) mass is 226 g/mol. The summed E-state index contributed by atoms with van der Waals surface area (Å²) in [5.41, 5.74) is 6.35. The van der Waals surface area contributed by atoms with Crippen molar-refractivity contribution < 1.29 is 0 Å². The van der Waals surface area contributed by atoms with Crippen LogP contribution < -0.4 is 5.73 Å². The lowest BCUT2D eigenvalue weighted by Crippen LogP contribution is -2.45. The molecule has 0 aromatic heterocycles. The van der Waals surface area contributed by atoms with E-state index >= 15 is 0 Å². The van der Waals surface area contributed by atoms with Gasteiger partial charge in [-0.15, -0.1) is 0 Å². The van der Waals surface area contributed by atoms with Gasteiger partial charge in [0.1, 0.15) is 0 Å². The van der Waals surface area contributed by atoms with E-state index < -0.39 is 0 Å². The van der Waals surface area contributed by atoms with Crippen molar-refractivity contribution in [1.29, 1.82) is 0 Å². The van der Waals surface area contributed by atoms with Gasteiger partial charge in [-0.2, -0.15) is 0 Å². The van der Waals surface area contributed by atoms with Crippen LogP contribution in [0.25, 0.3) is 0 Å². The summed E-state index contributed by atoms with van der Waals surface area (Å²) in [5, 5.41) is 0. The second-order valence-electron chi connectivity index (χ2n) is 6.15. The molecule has 0 saturated heterocycles. The maximum atomic E-state index is 6.35. The van der Waals surface area contributed by atoms with Crippen LogP contribution in [0.2, 0.25) is 0 Å². The van der Waals surface area contributed by atoms with Gasteiger partial charge in [-0.05, 0) is 38.5 Å². The van der Waals surface area contributed by atoms with Crippen LogP contribution >= 0.6 is 0 Å². The number of rotatable bonds is 6. The summed E-state index contributed by atoms with van der Waals surface area (Å²) in [7, 11) is 0. The molecule has 1 saturated carbocycles. The smallest absolute Gasteiger partial charge is 0.0196 e. The van der Waals surface area contributed by atoms with Crippen LogP contribution in [-0.2, 0) is 0 Å². The highest BCUT2D eigenvalue weighted by Crippen LogP contribution is 2.27. The van der Waals surface area contributed by atoms with Crippen LogP contribution in [-0.4, -0.2) is 30.1 Å². The van der Waals surface area contributed by atoms with E-state index in [1.807, 2.05) is 0 Å². The van der Waals surface area contributed by atoms with Gasteiger partial charge in [0.05, 0.1) is 0 Å². The van der Waals surface area contributed by atoms with Crippen molar-refractivity contribution in [2.45, 2.75) is 65.5 Å². The molecule has 1 rings (SSSR count). The Morgan fingerprint density at radius 3 is 2.06 bits per heavy atom. The van der Waals surface area contributed by atoms with Crippen LogP contribution in [0.1, 0.15) is 53.4 Å². The second kappa shape index (κ2) is 6.61. The van der Waals surface area contributed by atoms with Crippen molar-refractivity contribution in [3.63, 3.8) is 0 Å². The van der Waals surface area contributed by atoms with Gasteiger partial charge >= 0.3 is 0 Å². The fraction of sp³-hybridized carbons (Fsp3) is 1.00. The predicted octanol–water partition coefficient (Wildman–Crippen LogP) is 2.87. The van der Waals surface area contributed by atoms with Gasteiger partial charge in [0.25, 0.3) is 0 Å². The van der Waals surface area contributed by atoms with Crippen molar-refractivity contribution in [3.8, 4) is 0 Å². The number of nitrogens with zero attached hydrogens (tertiary/aromatic N) is 1. The summed E-state index contributed by atoms with van der Waals surface area (Å²) < 4.78 is 0. The second-order valence-corrected chi connectivity index (χ2v) is 6.15. The first-order valence-corrected chi connectivity index (χ1v) is 7.00. The third-order valence-electron chi connectivity index (χ3n) is 3.78. The lowest BCUT2D eigenvalue weighted by Gasteiger charge is -2.32. The summed E-state index contributed by atoms with van der Waals surface area (Å²) >= 11 is 0. The molecule has 0 aromatic rings. The van der Waals surface area contributed by atoms with Gasteiger partial charge in [-0.25, -0.2) is 0 Å². The van der Waals surface area contributed by atoms with Crippen LogP contribution in [0, 0.1) is 11.8 Å². The molecule has 2 N–H and O–H groups in total. The third-order valence-corrected chi connectivity index (χ3v) is 3.78. The number of nitrogens with two attached hydrogens (primary N) is 1. The quantitative estimate of drug-likeness (QED) is 0.754. The molecule has 1 unspecified atom stereocenters. The minimum Gasteiger partial charge on any atom is -0.326 e. The zero-order chi connectivity index (χ0) is 12.1. The molecule has 2 nitrogen and oxygen atoms in total. The average Bonchev–Trinajstić information content (AvgIpc) is 2.68. The van der Waals surface area contributed by atoms with Gasteiger partial charge in [0, 0.05) is 25.2 Å². The highest BCUT2D eigenvalue weighted by atomic mass is 15.2. The Bertz CT molecular complexity index is 183. The van der Waals surface area contributed by atoms with E-state index in [9.17, 15) is 0 Å². The average molecular weight is 226 g/mol. The zero-order valence-corrected chi connectivity index (χ0v) is 11.6. The number of hydrogen-bond acceptors (Lipinski definition) is 2. The van der Waals surface area contributed by atoms with E-state index in [1.165, 1.54) is 32.2 Å². The topological polar surface area (TPSA) is 29.3 Å². The highest BCUT2D eigenvalue weighted by molar-refractivity contribution is 4.81. The van der Waals surface area contributed by atoms with Gasteiger partial charge in [0.15, 0.2) is 0 Å². The lowest BCUT2D eigenvalue weighted by molar-refractivity contribution is 0.170. The van der Waals surface area contributed by atoms with Crippen molar-refractivity contribution in [2.24, 2.45) is 17.6 Å². The van der Waals surface area contributed by atoms with Crippen LogP contribution in [0.15, 0.2) is 0 Å². The Morgan fingerprint density at radius 1 is 1.06 bits per heavy atom. The normalized spacial score (nSPS) is 20.2. The molecule has 1 aliphatic rings. The van der Waals surface area contributed by atoms with Crippen molar-refractivity contribution in [2.75, 3.05) is 13.1 Å². The fourth-order valence-electron chi connectivity index (χ4n) is 2.77. The first-order chi connectivity index (χ1) is 7.50. The Labute approximate surface area is 102 Å². The Balaban J connectivity index is 2.40. The molecule has 0 aliphatic heterocycles. The Morgan fingerprint density at radius 2 is 1.62 bits per heavy atom. The molecule has 0 aromatic carbocycles. The number of hydrogen-bond donors (Lipinski definition) is 1. The summed E-state index contributed by atoms with van der Waals surface area (Å²) in [6.07, 6.45) is 5.50. The molecule has 16 heavy (non-hydrogen) atoms. The first-order valence-electron chi connectivity index (χ1n) is 7.00. The molecular weight excluding hydrogens is 196 g/mol. The minimum absolute atomic E-state index is 0.392. The standard InChI is InChI=1S/C14H30N2/c1-11(2)9-16(12(3)4)10-14(15)13-7-5-6-8-13/h11-14H,5-10,15H2,1-4H3. The SMILES string of the molecule is CC(C)CN(CC(N)C1CCCC1)C(C)C. The summed E-state index contributed by atoms with van der Waals surface area (Å²) in [4.78, 5) is 2.55. The van der Waals surface area contributed by atoms with E-state index in [0.29, 0.717) is 12.1 Å². The molecule has 1 atom stereocenters. The largest absolute Gasteiger partial charge is 0.326 e. The van der Waals surface area contributed by atoms with E-state index in [2.05, 4.69) is 32.6 Å². The molecule has 0 spiro atoms. The predicted molar refractivity (Wildman–Crippen MR) is 71.5 cm³/mol. The summed E-state index contributed by atoms with van der Waals surface area (Å²) in [6.45, 7) is 11.4. The molecule has 0 bridgehead atoms. The van der Waals surface area contributed by atoms with Gasteiger partial charge in [-0.1, -0.05) is 26.7 Å². The van der Waals surface area contributed by atoms with Crippen LogP contribution in [0.5, 0.6) is 0 Å². The van der Waals surface area contributed by atoms with Crippen LogP contribution in [0.4, 0.5) is 0 Å². The van der Waals surface area contributed by atoms with Gasteiger partial charge in [0.2, 0.25) is 0 Å². The van der Waals surface area contributed by atoms with E-state index in [0.717, 1.165) is 18.4 Å². The molecule has 0 radical (unpaired) electrons. The molecule has 96 valence electrons. The molecule has 0 heterocycles. The summed E-state index contributed by atoms with van der Waals surface area (Å²) in [5.74, 6) is 1.52. The lowest BCUT2D eigenvalue weighted by atomic mass is 9.97. The van der Waals surface area contributed by atoms with E-state index in [1.54, 1.807) is 0 Å². The Kier molecular flexibility index (Phi) is 5.77. The van der Waals surface area contributed by atoms with Gasteiger partial charge in [-0.3, -0.25) is 4.90 Å². The van der Waals surface area contributed by atoms with Crippen molar-refractivity contribution in [1.82, 2.24) is 4.90 Å². The highest BCUT2D eigenvalue weighted by Gasteiger charge is 2.24. The van der Waals surface area contributed by atoms with E-state index in [-0.39, 0.29) is 0 Å².